The lowest BCUT2D eigenvalue weighted by Crippen LogP contribution is -2.71. The van der Waals surface area contributed by atoms with E-state index in [1.807, 2.05) is 0 Å². The van der Waals surface area contributed by atoms with Crippen molar-refractivity contribution in [3.05, 3.63) is 249 Å². The summed E-state index contributed by atoms with van der Waals surface area (Å²) in [4.78, 5) is 46.3. The summed E-state index contributed by atoms with van der Waals surface area (Å²) < 4.78 is 19.7. The molecule has 12 aliphatic rings. The molecule has 0 saturated heterocycles. The van der Waals surface area contributed by atoms with Gasteiger partial charge in [-0.1, -0.05) is 88.5 Å². The third-order valence-electron chi connectivity index (χ3n) is 27.4. The fourth-order valence-corrected chi connectivity index (χ4v) is 21.8. The van der Waals surface area contributed by atoms with Crippen LogP contribution in [0.1, 0.15) is 178 Å². The molecule has 24 rings (SSSR count). The van der Waals surface area contributed by atoms with Crippen LogP contribution in [0.3, 0.4) is 0 Å². The van der Waals surface area contributed by atoms with Crippen LogP contribution in [0.15, 0.2) is 88.5 Å². The monoisotopic (exact) mass is 1380 g/mol. The summed E-state index contributed by atoms with van der Waals surface area (Å²) in [5.74, 6) is 9.32. The molecule has 4 aromatic heterocycles. The van der Waals surface area contributed by atoms with Gasteiger partial charge in [0.1, 0.15) is 0 Å². The van der Waals surface area contributed by atoms with Gasteiger partial charge in [0.25, 0.3) is 46.7 Å². The fourth-order valence-electron chi connectivity index (χ4n) is 21.8. The molecule has 516 valence electrons. The maximum absolute atomic E-state index is 5.80. The van der Waals surface area contributed by atoms with Crippen LogP contribution in [0.2, 0.25) is 0 Å². The van der Waals surface area contributed by atoms with E-state index in [4.69, 9.17) is 39.9 Å². The molecule has 0 saturated carbocycles. The van der Waals surface area contributed by atoms with Crippen LogP contribution in [0.4, 0.5) is 23.3 Å². The molecule has 0 radical (unpaired) electrons. The van der Waals surface area contributed by atoms with Gasteiger partial charge < -0.3 is 0 Å². The van der Waals surface area contributed by atoms with Crippen LogP contribution in [0.25, 0.3) is 43.1 Å². The molecule has 0 N–H and O–H groups in total. The quantitative estimate of drug-likeness (QED) is 0.134. The van der Waals surface area contributed by atoms with E-state index >= 15 is 0 Å². The highest BCUT2D eigenvalue weighted by Crippen LogP contribution is 2.58. The number of aryl methyl sites for hydroxylation is 20. The minimum atomic E-state index is -1.01. The van der Waals surface area contributed by atoms with Gasteiger partial charge >= 0.3 is 11.8 Å². The van der Waals surface area contributed by atoms with Crippen molar-refractivity contribution in [1.82, 2.24) is 18.3 Å². The van der Waals surface area contributed by atoms with Crippen molar-refractivity contribution in [1.29, 1.82) is 0 Å². The Balaban J connectivity index is 0.000000129. The summed E-state index contributed by atoms with van der Waals surface area (Å²) in [6.45, 7) is 53.7. The number of amidine groups is 8. The zero-order valence-corrected chi connectivity index (χ0v) is 64.8. The van der Waals surface area contributed by atoms with Gasteiger partial charge in [0.05, 0.1) is 87.6 Å². The molecule has 12 aromatic rings. The van der Waals surface area contributed by atoms with Crippen molar-refractivity contribution >= 4 is 113 Å². The highest BCUT2D eigenvalue weighted by Gasteiger charge is 2.73. The topological polar surface area (TPSA) is 131 Å². The Kier molecular flexibility index (Phi) is 10.6. The summed E-state index contributed by atoms with van der Waals surface area (Å²) >= 11 is 0. The Labute approximate surface area is 612 Å². The second-order valence-corrected chi connectivity index (χ2v) is 33.0. The first kappa shape index (κ1) is 60.9. The van der Waals surface area contributed by atoms with Crippen molar-refractivity contribution in [3.8, 4) is 0 Å². The van der Waals surface area contributed by atoms with Gasteiger partial charge in [0, 0.05) is 0 Å². The normalized spacial score (nSPS) is 19.0. The highest BCUT2D eigenvalue weighted by molar-refractivity contribution is 6.25. The minimum Gasteiger partial charge on any atom is -0.192 e. The third-order valence-corrected chi connectivity index (χ3v) is 27.4. The Hall–Kier alpha value is -11.5. The Bertz CT molecular complexity index is 7430. The molecule has 0 aliphatic carbocycles. The number of aliphatic imine (C=N–C) groups is 4. The molecule has 0 amide bonds. The molecule has 2 atom stereocenters. The van der Waals surface area contributed by atoms with Crippen molar-refractivity contribution in [2.24, 2.45) is 39.9 Å². The predicted octanol–water partition coefficient (Wildman–Crippen LogP) is 14.8. The van der Waals surface area contributed by atoms with Gasteiger partial charge in [-0.2, -0.15) is 18.3 Å². The van der Waals surface area contributed by atoms with Crippen LogP contribution in [-0.4, -0.2) is 83.3 Å². The molecule has 8 aromatic carbocycles. The minimum absolute atomic E-state index is 0.942. The Morgan fingerprint density at radius 1 is 0.198 bits per heavy atom. The number of aromatic nitrogens is 4. The van der Waals surface area contributed by atoms with Crippen molar-refractivity contribution < 1.29 is 18.3 Å². The number of nitrogens with zero attached hydrogens (tertiary/aromatic N) is 16. The van der Waals surface area contributed by atoms with Gasteiger partial charge in [0.15, 0.2) is 0 Å². The van der Waals surface area contributed by atoms with Crippen molar-refractivity contribution in [2.45, 2.75) is 178 Å². The van der Waals surface area contributed by atoms with Gasteiger partial charge in [0.2, 0.25) is 45.2 Å². The predicted molar refractivity (Wildman–Crippen MR) is 421 cm³/mol. The standard InChI is InChI=1S/2C45H40N8/c1-17-13-21(5)29-33(25(17)9)41-47-39-31-23(7)15-18(2)26(10)34(31)42-48-40-32-24(8)16-20(4)28(12)36(32)44-49-43-35-27(11)19(3)14-22(6)30(35)38-46-37(29)50(41)45(51(38)43,52(39)42)53(40)44;1-17-13-21(5)29-33(25(17)9)41-48-42-34-26(10)18(2)14-22(6)30(34)39-47-40-32-24(8)16-20(4)28(12)36(32)44-49-43-35-27(11)19(3)15-23(7)31(35)38-46-37(29)50(41)45(51(39)42,52(38)43)53(40)44/h2*13-16H,1-12H3/q2*+2. The lowest BCUT2D eigenvalue weighted by atomic mass is 9.93. The zero-order valence-electron chi connectivity index (χ0n) is 64.8. The number of benzene rings is 8. The summed E-state index contributed by atoms with van der Waals surface area (Å²) in [7, 11) is 0. The van der Waals surface area contributed by atoms with Crippen LogP contribution >= 0.6 is 0 Å². The Morgan fingerprint density at radius 2 is 0.425 bits per heavy atom. The largest absolute Gasteiger partial charge is 0.404 e. The summed E-state index contributed by atoms with van der Waals surface area (Å²) in [5, 5.41) is 9.36. The maximum Gasteiger partial charge on any atom is 0.404 e. The molecule has 106 heavy (non-hydrogen) atoms. The van der Waals surface area contributed by atoms with Crippen LogP contribution in [0.5, 0.6) is 0 Å². The number of rotatable bonds is 0. The SMILES string of the molecule is Cc1cc(C)c2c(c1C)C1=Nc3c4c(C)c(C)cc(C)c4c4n3C35n6c(c7c(C)cc(C)c(C)c7c6=NC6=[N+]3C(=N4)c3c(C)c(C)cc(C)c36)=NC2=[N+]15.Cc1cc(C)c2c(c1C)C1=Nc3c4c(C)c(C)cc(C)c4c4n3C35n6c(c7c(C)cc(C)c(C)c7c6=NC6=[N+]3C(=N4)c3c(C)cc(C)c(C)c36)=NC2=[N+]15. The second kappa shape index (κ2) is 18.4. The Morgan fingerprint density at radius 3 is 0.745 bits per heavy atom. The lowest BCUT2D eigenvalue weighted by Gasteiger charge is -2.40. The summed E-state index contributed by atoms with van der Waals surface area (Å²) in [5.41, 5.74) is 42.8. The molecule has 2 unspecified atom stereocenters. The van der Waals surface area contributed by atoms with E-state index < -0.39 is 11.8 Å². The summed E-state index contributed by atoms with van der Waals surface area (Å²) in [6.07, 6.45) is 0. The zero-order chi connectivity index (χ0) is 73.3. The van der Waals surface area contributed by atoms with E-state index in [0.29, 0.717) is 0 Å². The first-order valence-corrected chi connectivity index (χ1v) is 37.6. The van der Waals surface area contributed by atoms with Crippen molar-refractivity contribution in [2.75, 3.05) is 0 Å². The van der Waals surface area contributed by atoms with Crippen molar-refractivity contribution in [3.63, 3.8) is 0 Å². The van der Waals surface area contributed by atoms with E-state index in [2.05, 4.69) is 251 Å². The van der Waals surface area contributed by atoms with E-state index in [1.54, 1.807) is 0 Å². The van der Waals surface area contributed by atoms with Crippen LogP contribution in [-0.2, 0) is 11.8 Å². The molecule has 16 heteroatoms. The number of fused-ring (bicyclic) bond motifs is 24. The summed E-state index contributed by atoms with van der Waals surface area (Å²) in [6, 6.07) is 18.6. The number of hydrogen-bond acceptors (Lipinski definition) is 8. The lowest BCUT2D eigenvalue weighted by molar-refractivity contribution is -0.791. The maximum atomic E-state index is 5.80. The molecule has 0 bridgehead atoms. The van der Waals surface area contributed by atoms with E-state index in [0.717, 1.165) is 91.9 Å². The highest BCUT2D eigenvalue weighted by atomic mass is 15.7. The molecule has 0 fully saturated rings. The van der Waals surface area contributed by atoms with Crippen LogP contribution < -0.4 is 22.0 Å². The fraction of sp³-hybridized carbons (Fsp3) is 0.289. The van der Waals surface area contributed by atoms with E-state index in [9.17, 15) is 0 Å². The first-order chi connectivity index (χ1) is 50.6. The van der Waals surface area contributed by atoms with Gasteiger partial charge in [-0.15, -0.1) is 18.3 Å². The average Bonchev–Trinajstić information content (AvgIpc) is 1.46. The molecule has 2 spiro atoms. The molecular formula is C90H80N16+4. The van der Waals surface area contributed by atoms with E-state index in [1.165, 1.54) is 221 Å². The molecule has 16 nitrogen and oxygen atoms in total. The van der Waals surface area contributed by atoms with Gasteiger partial charge in [-0.25, -0.2) is 0 Å². The van der Waals surface area contributed by atoms with Gasteiger partial charge in [-0.3, -0.25) is 0 Å². The second-order valence-electron chi connectivity index (χ2n) is 33.0. The molecular weight excluding hydrogens is 1310 g/mol. The smallest absolute Gasteiger partial charge is 0.192 e. The van der Waals surface area contributed by atoms with Crippen LogP contribution in [0, 0.1) is 166 Å². The first-order valence-electron chi connectivity index (χ1n) is 37.6. The third kappa shape index (κ3) is 6.09. The van der Waals surface area contributed by atoms with E-state index in [-0.39, 0.29) is 0 Å². The number of hydrogen-bond donors (Lipinski definition) is 0. The molecule has 16 heterocycles. The molecule has 12 aliphatic heterocycles. The van der Waals surface area contributed by atoms with Gasteiger partial charge in [-0.05, 0) is 300 Å². The average molecular weight is 1390 g/mol.